The van der Waals surface area contributed by atoms with Gasteiger partial charge in [-0.25, -0.2) is 17.6 Å². The van der Waals surface area contributed by atoms with Crippen molar-refractivity contribution < 1.29 is 27.5 Å². The van der Waals surface area contributed by atoms with E-state index in [9.17, 15) is 27.5 Å². The normalized spacial score (nSPS) is 17.9. The monoisotopic (exact) mass is 319 g/mol. The molecule has 1 aromatic rings. The molecule has 0 bridgehead atoms. The fraction of sp³-hybridized carbons (Fsp3) is 0.533. The van der Waals surface area contributed by atoms with E-state index in [0.29, 0.717) is 12.8 Å². The number of rotatable bonds is 3. The van der Waals surface area contributed by atoms with Crippen LogP contribution in [-0.2, 0) is 0 Å². The average molecular weight is 319 g/mol. The summed E-state index contributed by atoms with van der Waals surface area (Å²) in [7, 11) is 0. The van der Waals surface area contributed by atoms with Crippen LogP contribution in [0.1, 0.15) is 48.9 Å². The molecule has 0 heterocycles. The second-order valence-corrected chi connectivity index (χ2v) is 5.66. The van der Waals surface area contributed by atoms with E-state index in [-0.39, 0.29) is 12.6 Å². The van der Waals surface area contributed by atoms with Gasteiger partial charge in [0, 0.05) is 12.6 Å². The van der Waals surface area contributed by atoms with Crippen LogP contribution in [0.2, 0.25) is 0 Å². The first kappa shape index (κ1) is 16.7. The van der Waals surface area contributed by atoms with Gasteiger partial charge in [-0.05, 0) is 12.8 Å². The summed E-state index contributed by atoms with van der Waals surface area (Å²) < 4.78 is 53.2. The van der Waals surface area contributed by atoms with Gasteiger partial charge in [0.05, 0.1) is 5.60 Å². The summed E-state index contributed by atoms with van der Waals surface area (Å²) in [6.07, 6.45) is 4.40. The number of carbonyl (C=O) groups is 1. The van der Waals surface area contributed by atoms with Crippen molar-refractivity contribution in [3.8, 4) is 0 Å². The molecule has 1 aliphatic carbocycles. The van der Waals surface area contributed by atoms with E-state index in [1.54, 1.807) is 0 Å². The maximum atomic E-state index is 13.5. The third-order valence-corrected chi connectivity index (χ3v) is 3.95. The van der Waals surface area contributed by atoms with E-state index in [4.69, 9.17) is 0 Å². The highest BCUT2D eigenvalue weighted by atomic mass is 19.2. The minimum absolute atomic E-state index is 0.0419. The topological polar surface area (TPSA) is 49.3 Å². The predicted molar refractivity (Wildman–Crippen MR) is 71.3 cm³/mol. The molecule has 0 unspecified atom stereocenters. The Morgan fingerprint density at radius 1 is 1.05 bits per heavy atom. The molecule has 0 atom stereocenters. The van der Waals surface area contributed by atoms with Crippen molar-refractivity contribution in [2.45, 2.75) is 44.1 Å². The fourth-order valence-electron chi connectivity index (χ4n) is 2.67. The lowest BCUT2D eigenvalue weighted by Gasteiger charge is -2.26. The third kappa shape index (κ3) is 3.58. The van der Waals surface area contributed by atoms with Gasteiger partial charge in [0.15, 0.2) is 23.3 Å². The van der Waals surface area contributed by atoms with Crippen LogP contribution in [-0.4, -0.2) is 23.2 Å². The molecule has 2 N–H and O–H groups in total. The molecule has 1 aliphatic rings. The Kier molecular flexibility index (Phi) is 5.05. The minimum atomic E-state index is -1.75. The van der Waals surface area contributed by atoms with Crippen molar-refractivity contribution in [3.63, 3.8) is 0 Å². The second-order valence-electron chi connectivity index (χ2n) is 5.66. The zero-order chi connectivity index (χ0) is 16.3. The van der Waals surface area contributed by atoms with Crippen LogP contribution in [0.15, 0.2) is 6.07 Å². The summed E-state index contributed by atoms with van der Waals surface area (Å²) in [5, 5.41) is 12.5. The molecule has 122 valence electrons. The van der Waals surface area contributed by atoms with Crippen LogP contribution < -0.4 is 5.32 Å². The third-order valence-electron chi connectivity index (χ3n) is 3.95. The molecule has 0 saturated heterocycles. The van der Waals surface area contributed by atoms with Crippen molar-refractivity contribution in [1.82, 2.24) is 5.32 Å². The predicted octanol–water partition coefficient (Wildman–Crippen LogP) is 3.06. The highest BCUT2D eigenvalue weighted by Gasteiger charge is 2.30. The quantitative estimate of drug-likeness (QED) is 0.511. The zero-order valence-corrected chi connectivity index (χ0v) is 11.9. The lowest BCUT2D eigenvalue weighted by Crippen LogP contribution is -2.43. The van der Waals surface area contributed by atoms with Crippen LogP contribution in [0.5, 0.6) is 0 Å². The minimum Gasteiger partial charge on any atom is -0.388 e. The van der Waals surface area contributed by atoms with Gasteiger partial charge in [-0.2, -0.15) is 0 Å². The van der Waals surface area contributed by atoms with E-state index < -0.39 is 40.3 Å². The lowest BCUT2D eigenvalue weighted by atomic mass is 9.94. The van der Waals surface area contributed by atoms with Crippen molar-refractivity contribution >= 4 is 5.91 Å². The van der Waals surface area contributed by atoms with E-state index >= 15 is 0 Å². The summed E-state index contributed by atoms with van der Waals surface area (Å²) in [6, 6.07) is 0.0419. The Morgan fingerprint density at radius 2 is 1.55 bits per heavy atom. The van der Waals surface area contributed by atoms with Gasteiger partial charge in [0.1, 0.15) is 5.56 Å². The van der Waals surface area contributed by atoms with Crippen molar-refractivity contribution in [2.75, 3.05) is 6.54 Å². The van der Waals surface area contributed by atoms with Crippen LogP contribution >= 0.6 is 0 Å². The molecule has 1 aromatic carbocycles. The van der Waals surface area contributed by atoms with Crippen molar-refractivity contribution in [3.05, 3.63) is 34.9 Å². The fourth-order valence-corrected chi connectivity index (χ4v) is 2.67. The summed E-state index contributed by atoms with van der Waals surface area (Å²) in [4.78, 5) is 11.8. The maximum absolute atomic E-state index is 13.5. The Balaban J connectivity index is 2.13. The van der Waals surface area contributed by atoms with Gasteiger partial charge in [-0.15, -0.1) is 0 Å². The van der Waals surface area contributed by atoms with E-state index in [1.807, 2.05) is 0 Å². The molecule has 0 spiro atoms. The van der Waals surface area contributed by atoms with Crippen LogP contribution in [0, 0.1) is 23.3 Å². The van der Waals surface area contributed by atoms with E-state index in [2.05, 4.69) is 5.32 Å². The number of nitrogens with one attached hydrogen (secondary N) is 1. The first-order chi connectivity index (χ1) is 10.3. The Labute approximate surface area is 125 Å². The Bertz CT molecular complexity index is 543. The maximum Gasteiger partial charge on any atom is 0.257 e. The summed E-state index contributed by atoms with van der Waals surface area (Å²) in [6.45, 7) is -0.219. The lowest BCUT2D eigenvalue weighted by molar-refractivity contribution is 0.0245. The molecular formula is C15H17F4NO2. The van der Waals surface area contributed by atoms with Gasteiger partial charge in [0.2, 0.25) is 0 Å². The SMILES string of the molecule is O=C(NCC1(O)CCCCCC1)c1c(F)c(F)cc(F)c1F. The number of aliphatic hydroxyl groups is 1. The smallest absolute Gasteiger partial charge is 0.257 e. The molecule has 0 aliphatic heterocycles. The van der Waals surface area contributed by atoms with E-state index in [1.165, 1.54) is 0 Å². The number of benzene rings is 1. The largest absolute Gasteiger partial charge is 0.388 e. The summed E-state index contributed by atoms with van der Waals surface area (Å²) in [5.41, 5.74) is -2.47. The number of carbonyl (C=O) groups excluding carboxylic acids is 1. The molecule has 2 rings (SSSR count). The molecule has 3 nitrogen and oxygen atoms in total. The summed E-state index contributed by atoms with van der Waals surface area (Å²) >= 11 is 0. The molecule has 0 aromatic heterocycles. The second kappa shape index (κ2) is 6.64. The Hall–Kier alpha value is -1.63. The number of hydrogen-bond acceptors (Lipinski definition) is 2. The van der Waals surface area contributed by atoms with Gasteiger partial charge in [0.25, 0.3) is 5.91 Å². The standard InChI is InChI=1S/C15H17F4NO2/c16-9-7-10(17)13(19)11(12(9)18)14(21)20-8-15(22)5-3-1-2-4-6-15/h7,22H,1-6,8H2,(H,20,21). The van der Waals surface area contributed by atoms with Gasteiger partial charge >= 0.3 is 0 Å². The molecule has 0 radical (unpaired) electrons. The van der Waals surface area contributed by atoms with Gasteiger partial charge < -0.3 is 10.4 Å². The van der Waals surface area contributed by atoms with Gasteiger partial charge in [-0.3, -0.25) is 4.79 Å². The van der Waals surface area contributed by atoms with Crippen molar-refractivity contribution in [2.24, 2.45) is 0 Å². The summed E-state index contributed by atoms with van der Waals surface area (Å²) in [5.74, 6) is -8.06. The number of amides is 1. The van der Waals surface area contributed by atoms with Crippen LogP contribution in [0.25, 0.3) is 0 Å². The first-order valence-corrected chi connectivity index (χ1v) is 7.18. The number of hydrogen-bond donors (Lipinski definition) is 2. The first-order valence-electron chi connectivity index (χ1n) is 7.18. The van der Waals surface area contributed by atoms with Crippen LogP contribution in [0.3, 0.4) is 0 Å². The average Bonchev–Trinajstić information content (AvgIpc) is 2.69. The number of halogens is 4. The molecule has 1 amide bonds. The molecule has 1 saturated carbocycles. The molecule has 22 heavy (non-hydrogen) atoms. The molecule has 7 heteroatoms. The zero-order valence-electron chi connectivity index (χ0n) is 11.9. The highest BCUT2D eigenvalue weighted by molar-refractivity contribution is 5.94. The highest BCUT2D eigenvalue weighted by Crippen LogP contribution is 2.26. The molecule has 1 fully saturated rings. The van der Waals surface area contributed by atoms with Crippen molar-refractivity contribution in [1.29, 1.82) is 0 Å². The van der Waals surface area contributed by atoms with Gasteiger partial charge in [-0.1, -0.05) is 25.7 Å². The van der Waals surface area contributed by atoms with E-state index in [0.717, 1.165) is 25.7 Å². The van der Waals surface area contributed by atoms with Crippen LogP contribution in [0.4, 0.5) is 17.6 Å². The molecular weight excluding hydrogens is 302 g/mol. The Morgan fingerprint density at radius 3 is 2.05 bits per heavy atom.